The Hall–Kier alpha value is -1.43. The van der Waals surface area contributed by atoms with E-state index in [1.54, 1.807) is 17.8 Å². The molecule has 3 rings (SSSR count). The van der Waals surface area contributed by atoms with E-state index in [1.807, 2.05) is 18.2 Å². The lowest BCUT2D eigenvalue weighted by molar-refractivity contribution is 0.0934. The smallest absolute Gasteiger partial charge is 0.255 e. The first-order valence-electron chi connectivity index (χ1n) is 6.68. The molecule has 2 heterocycles. The number of fused-ring (bicyclic) bond motifs is 1. The molecule has 2 aromatic rings. The SMILES string of the molecule is NCc1cc(C(=O)NC2CCSc3ccc(Cl)cc32)co1. The number of hydrogen-bond acceptors (Lipinski definition) is 4. The maximum Gasteiger partial charge on any atom is 0.255 e. The van der Waals surface area contributed by atoms with Crippen molar-refractivity contribution in [3.63, 3.8) is 0 Å². The second-order valence-electron chi connectivity index (χ2n) is 4.85. The summed E-state index contributed by atoms with van der Waals surface area (Å²) in [5.41, 5.74) is 7.06. The number of nitrogens with one attached hydrogen (secondary N) is 1. The van der Waals surface area contributed by atoms with E-state index in [1.165, 1.54) is 11.2 Å². The van der Waals surface area contributed by atoms with Gasteiger partial charge in [0, 0.05) is 15.7 Å². The van der Waals surface area contributed by atoms with Crippen LogP contribution in [0.2, 0.25) is 5.02 Å². The maximum atomic E-state index is 12.3. The minimum Gasteiger partial charge on any atom is -0.467 e. The summed E-state index contributed by atoms with van der Waals surface area (Å²) in [6.45, 7) is 0.284. The topological polar surface area (TPSA) is 68.3 Å². The van der Waals surface area contributed by atoms with Crippen LogP contribution in [0.5, 0.6) is 0 Å². The molecule has 21 heavy (non-hydrogen) atoms. The molecule has 0 aliphatic carbocycles. The summed E-state index contributed by atoms with van der Waals surface area (Å²) in [4.78, 5) is 13.5. The van der Waals surface area contributed by atoms with Gasteiger partial charge < -0.3 is 15.5 Å². The molecule has 6 heteroatoms. The summed E-state index contributed by atoms with van der Waals surface area (Å²) in [5, 5.41) is 3.73. The summed E-state index contributed by atoms with van der Waals surface area (Å²) in [7, 11) is 0. The Morgan fingerprint density at radius 2 is 2.33 bits per heavy atom. The number of halogens is 1. The molecule has 0 bridgehead atoms. The van der Waals surface area contributed by atoms with Crippen molar-refractivity contribution in [1.29, 1.82) is 0 Å². The molecule has 1 atom stereocenters. The van der Waals surface area contributed by atoms with Gasteiger partial charge in [-0.3, -0.25) is 4.79 Å². The fraction of sp³-hybridized carbons (Fsp3) is 0.267. The van der Waals surface area contributed by atoms with Crippen molar-refractivity contribution in [3.05, 3.63) is 52.4 Å². The van der Waals surface area contributed by atoms with Crippen LogP contribution in [0, 0.1) is 0 Å². The molecule has 4 nitrogen and oxygen atoms in total. The molecule has 0 saturated carbocycles. The quantitative estimate of drug-likeness (QED) is 0.909. The number of amides is 1. The second-order valence-corrected chi connectivity index (χ2v) is 6.42. The normalized spacial score (nSPS) is 17.3. The minimum absolute atomic E-state index is 0.0244. The van der Waals surface area contributed by atoms with Crippen LogP contribution in [-0.2, 0) is 6.54 Å². The standard InChI is InChI=1S/C15H15ClN2O2S/c16-10-1-2-14-12(6-10)13(3-4-21-14)18-15(19)9-5-11(7-17)20-8-9/h1-2,5-6,8,13H,3-4,7,17H2,(H,18,19). The number of thioether (sulfide) groups is 1. The van der Waals surface area contributed by atoms with Gasteiger partial charge in [-0.25, -0.2) is 0 Å². The van der Waals surface area contributed by atoms with Crippen LogP contribution >= 0.6 is 23.4 Å². The monoisotopic (exact) mass is 322 g/mol. The number of nitrogens with two attached hydrogens (primary N) is 1. The van der Waals surface area contributed by atoms with E-state index in [0.29, 0.717) is 16.3 Å². The molecule has 1 unspecified atom stereocenters. The van der Waals surface area contributed by atoms with Gasteiger partial charge in [0.25, 0.3) is 5.91 Å². The molecule has 0 saturated heterocycles. The summed E-state index contributed by atoms with van der Waals surface area (Å²) in [5.74, 6) is 1.42. The van der Waals surface area contributed by atoms with Crippen LogP contribution in [0.1, 0.15) is 34.1 Å². The molecule has 110 valence electrons. The van der Waals surface area contributed by atoms with Crippen LogP contribution in [0.25, 0.3) is 0 Å². The zero-order valence-corrected chi connectivity index (χ0v) is 12.8. The third-order valence-corrected chi connectivity index (χ3v) is 4.79. The van der Waals surface area contributed by atoms with Gasteiger partial charge in [-0.15, -0.1) is 11.8 Å². The van der Waals surface area contributed by atoms with Crippen molar-refractivity contribution >= 4 is 29.3 Å². The lowest BCUT2D eigenvalue weighted by atomic mass is 10.0. The molecule has 1 aromatic carbocycles. The fourth-order valence-electron chi connectivity index (χ4n) is 2.36. The summed E-state index contributed by atoms with van der Waals surface area (Å²) < 4.78 is 5.20. The first-order valence-corrected chi connectivity index (χ1v) is 8.04. The van der Waals surface area contributed by atoms with Gasteiger partial charge in [-0.2, -0.15) is 0 Å². The van der Waals surface area contributed by atoms with E-state index in [2.05, 4.69) is 5.32 Å². The van der Waals surface area contributed by atoms with Crippen LogP contribution in [-0.4, -0.2) is 11.7 Å². The predicted octanol–water partition coefficient (Wildman–Crippen LogP) is 3.36. The van der Waals surface area contributed by atoms with Gasteiger partial charge in [-0.05, 0) is 36.2 Å². The molecule has 1 aliphatic heterocycles. The first-order chi connectivity index (χ1) is 10.2. The number of rotatable bonds is 3. The zero-order valence-electron chi connectivity index (χ0n) is 11.3. The highest BCUT2D eigenvalue weighted by molar-refractivity contribution is 7.99. The minimum atomic E-state index is -0.152. The van der Waals surface area contributed by atoms with E-state index in [4.69, 9.17) is 21.8 Å². The molecule has 0 spiro atoms. The van der Waals surface area contributed by atoms with E-state index >= 15 is 0 Å². The largest absolute Gasteiger partial charge is 0.467 e. The van der Waals surface area contributed by atoms with Crippen molar-refractivity contribution in [2.45, 2.75) is 23.9 Å². The van der Waals surface area contributed by atoms with Crippen molar-refractivity contribution in [3.8, 4) is 0 Å². The molecule has 1 amide bonds. The Labute approximate surface area is 132 Å². The lowest BCUT2D eigenvalue weighted by Gasteiger charge is -2.26. The second kappa shape index (κ2) is 6.13. The van der Waals surface area contributed by atoms with E-state index in [-0.39, 0.29) is 18.5 Å². The number of hydrogen-bond donors (Lipinski definition) is 2. The molecule has 0 radical (unpaired) electrons. The zero-order chi connectivity index (χ0) is 14.8. The number of carbonyl (C=O) groups is 1. The highest BCUT2D eigenvalue weighted by Crippen LogP contribution is 2.37. The molecule has 0 fully saturated rings. The lowest BCUT2D eigenvalue weighted by Crippen LogP contribution is -2.30. The Bertz CT molecular complexity index is 671. The van der Waals surface area contributed by atoms with E-state index < -0.39 is 0 Å². The van der Waals surface area contributed by atoms with E-state index in [9.17, 15) is 4.79 Å². The van der Waals surface area contributed by atoms with Crippen molar-refractivity contribution < 1.29 is 9.21 Å². The molecular formula is C15H15ClN2O2S. The van der Waals surface area contributed by atoms with Crippen molar-refractivity contribution in [2.75, 3.05) is 5.75 Å². The molecule has 3 N–H and O–H groups in total. The molecular weight excluding hydrogens is 308 g/mol. The number of benzene rings is 1. The average Bonchev–Trinajstić information content (AvgIpc) is 2.97. The first kappa shape index (κ1) is 14.5. The van der Waals surface area contributed by atoms with Gasteiger partial charge in [0.05, 0.1) is 18.2 Å². The van der Waals surface area contributed by atoms with Crippen LogP contribution in [0.15, 0.2) is 39.8 Å². The Kier molecular flexibility index (Phi) is 4.24. The predicted molar refractivity (Wildman–Crippen MR) is 83.6 cm³/mol. The van der Waals surface area contributed by atoms with Crippen LogP contribution in [0.3, 0.4) is 0 Å². The number of furan rings is 1. The van der Waals surface area contributed by atoms with Gasteiger partial charge in [-0.1, -0.05) is 11.6 Å². The Morgan fingerprint density at radius 1 is 1.48 bits per heavy atom. The third-order valence-electron chi connectivity index (χ3n) is 3.43. The van der Waals surface area contributed by atoms with Gasteiger partial charge in [0.2, 0.25) is 0 Å². The maximum absolute atomic E-state index is 12.3. The van der Waals surface area contributed by atoms with Crippen molar-refractivity contribution in [1.82, 2.24) is 5.32 Å². The van der Waals surface area contributed by atoms with Crippen LogP contribution < -0.4 is 11.1 Å². The van der Waals surface area contributed by atoms with Gasteiger partial charge >= 0.3 is 0 Å². The number of carbonyl (C=O) groups excluding carboxylic acids is 1. The summed E-state index contributed by atoms with van der Waals surface area (Å²) in [6.07, 6.45) is 2.32. The van der Waals surface area contributed by atoms with Gasteiger partial charge in [0.15, 0.2) is 0 Å². The third kappa shape index (κ3) is 3.10. The summed E-state index contributed by atoms with van der Waals surface area (Å²) >= 11 is 7.85. The molecule has 1 aliphatic rings. The van der Waals surface area contributed by atoms with Crippen LogP contribution in [0.4, 0.5) is 0 Å². The van der Waals surface area contributed by atoms with Gasteiger partial charge in [0.1, 0.15) is 12.0 Å². The Morgan fingerprint density at radius 3 is 3.10 bits per heavy atom. The summed E-state index contributed by atoms with van der Waals surface area (Å²) in [6, 6.07) is 7.45. The Balaban J connectivity index is 1.80. The highest BCUT2D eigenvalue weighted by Gasteiger charge is 2.23. The molecule has 1 aromatic heterocycles. The highest BCUT2D eigenvalue weighted by atomic mass is 35.5. The fourth-order valence-corrected chi connectivity index (χ4v) is 3.65. The van der Waals surface area contributed by atoms with E-state index in [0.717, 1.165) is 17.7 Å². The van der Waals surface area contributed by atoms with Crippen molar-refractivity contribution in [2.24, 2.45) is 5.73 Å². The average molecular weight is 323 g/mol.